The van der Waals surface area contributed by atoms with E-state index in [1.165, 1.54) is 0 Å². The van der Waals surface area contributed by atoms with E-state index in [2.05, 4.69) is 20.3 Å². The van der Waals surface area contributed by atoms with Crippen LogP contribution in [0.1, 0.15) is 50.3 Å². The topological polar surface area (TPSA) is 162 Å². The molecule has 0 spiro atoms. The zero-order chi connectivity index (χ0) is 31.6. The van der Waals surface area contributed by atoms with Crippen molar-refractivity contribution < 1.29 is 17.9 Å². The third-order valence-electron chi connectivity index (χ3n) is 7.85. The number of hydrogen-bond donors (Lipinski definition) is 5. The minimum Gasteiger partial charge on any atom is -0.388 e. The van der Waals surface area contributed by atoms with Gasteiger partial charge >= 0.3 is 0 Å². The van der Waals surface area contributed by atoms with Gasteiger partial charge in [-0.3, -0.25) is 4.99 Å². The maximum Gasteiger partial charge on any atom is 0.231 e. The van der Waals surface area contributed by atoms with E-state index in [0.29, 0.717) is 46.5 Å². The molecule has 0 aliphatic carbocycles. The Morgan fingerprint density at radius 3 is 2.70 bits per heavy atom. The Bertz CT molecular complexity index is 1760. The van der Waals surface area contributed by atoms with Crippen molar-refractivity contribution in [2.24, 2.45) is 21.5 Å². The molecule has 2 aliphatic rings. The molecule has 10 nitrogen and oxygen atoms in total. The van der Waals surface area contributed by atoms with Crippen LogP contribution in [-0.4, -0.2) is 60.8 Å². The fourth-order valence-electron chi connectivity index (χ4n) is 5.67. The number of hydrogen-bond acceptors (Lipinski definition) is 8. The molecular formula is C31H39ClFN7O3S. The van der Waals surface area contributed by atoms with Gasteiger partial charge in [0.05, 0.1) is 28.1 Å². The van der Waals surface area contributed by atoms with E-state index in [4.69, 9.17) is 23.1 Å². The number of sulfone groups is 1. The third-order valence-corrected chi connectivity index (χ3v) is 9.87. The molecule has 2 aliphatic heterocycles. The Morgan fingerprint density at radius 1 is 1.25 bits per heavy atom. The van der Waals surface area contributed by atoms with Crippen LogP contribution in [0.4, 0.5) is 10.1 Å². The SMILES string of the molecule is CC(N)=NCCC1CS(=O)(=O)CC(c2ccc(N3C=c4cc(-c5cc(CCCC(C)N)cc(Cl)c5F)[nH]c4=NC3O)cc2)N1. The lowest BCUT2D eigenvalue weighted by Gasteiger charge is -2.31. The summed E-state index contributed by atoms with van der Waals surface area (Å²) < 4.78 is 40.4. The van der Waals surface area contributed by atoms with Gasteiger partial charge in [0.2, 0.25) is 6.35 Å². The Balaban J connectivity index is 1.36. The molecule has 4 atom stereocenters. The van der Waals surface area contributed by atoms with Crippen molar-refractivity contribution >= 4 is 39.2 Å². The van der Waals surface area contributed by atoms with Gasteiger partial charge in [-0.2, -0.15) is 0 Å². The molecule has 3 heterocycles. The number of anilines is 1. The van der Waals surface area contributed by atoms with Crippen LogP contribution in [0.5, 0.6) is 0 Å². The smallest absolute Gasteiger partial charge is 0.231 e. The summed E-state index contributed by atoms with van der Waals surface area (Å²) in [5, 5.41) is 15.0. The van der Waals surface area contributed by atoms with E-state index in [1.54, 1.807) is 36.2 Å². The van der Waals surface area contributed by atoms with Gasteiger partial charge in [-0.05, 0) is 81.0 Å². The Kier molecular flexibility index (Phi) is 9.76. The van der Waals surface area contributed by atoms with Gasteiger partial charge in [0.1, 0.15) is 5.49 Å². The first-order valence-electron chi connectivity index (χ1n) is 14.7. The lowest BCUT2D eigenvalue weighted by Crippen LogP contribution is -2.47. The van der Waals surface area contributed by atoms with E-state index in [-0.39, 0.29) is 34.7 Å². The molecule has 1 saturated heterocycles. The van der Waals surface area contributed by atoms with Gasteiger partial charge in [0.15, 0.2) is 15.7 Å². The van der Waals surface area contributed by atoms with Crippen LogP contribution in [0.15, 0.2) is 52.4 Å². The number of aryl methyl sites for hydroxylation is 1. The third kappa shape index (κ3) is 7.67. The summed E-state index contributed by atoms with van der Waals surface area (Å²) in [6.07, 6.45) is 3.52. The summed E-state index contributed by atoms with van der Waals surface area (Å²) in [7, 11) is -3.25. The predicted octanol–water partition coefficient (Wildman–Crippen LogP) is 2.49. The van der Waals surface area contributed by atoms with Crippen LogP contribution in [0.2, 0.25) is 5.02 Å². The number of aliphatic hydroxyl groups is 1. The molecule has 3 aromatic rings. The van der Waals surface area contributed by atoms with Gasteiger partial charge in [-0.1, -0.05) is 23.7 Å². The Morgan fingerprint density at radius 2 is 2.00 bits per heavy atom. The highest BCUT2D eigenvalue weighted by atomic mass is 35.5. The van der Waals surface area contributed by atoms with Gasteiger partial charge < -0.3 is 31.8 Å². The first-order chi connectivity index (χ1) is 20.9. The molecule has 0 amide bonds. The van der Waals surface area contributed by atoms with Crippen molar-refractivity contribution in [3.05, 3.63) is 75.1 Å². The highest BCUT2D eigenvalue weighted by Gasteiger charge is 2.32. The second-order valence-corrected chi connectivity index (χ2v) is 14.3. The molecule has 0 bridgehead atoms. The molecule has 1 aromatic heterocycles. The first-order valence-corrected chi connectivity index (χ1v) is 16.9. The number of nitrogens with two attached hydrogens (primary N) is 2. The molecule has 4 unspecified atom stereocenters. The molecule has 5 rings (SSSR count). The minimum absolute atomic E-state index is 0.000760. The summed E-state index contributed by atoms with van der Waals surface area (Å²) in [4.78, 5) is 13.3. The number of nitrogens with one attached hydrogen (secondary N) is 2. The summed E-state index contributed by atoms with van der Waals surface area (Å²) in [5.74, 6) is -0.000481. The normalized spacial score (nSPS) is 22.2. The maximum absolute atomic E-state index is 15.1. The summed E-state index contributed by atoms with van der Waals surface area (Å²) in [6.45, 7) is 4.11. The number of halogens is 2. The molecule has 1 fully saturated rings. The number of H-pyrrole nitrogens is 1. The van der Waals surface area contributed by atoms with Crippen molar-refractivity contribution in [2.45, 2.75) is 64.0 Å². The number of fused-ring (bicyclic) bond motifs is 1. The van der Waals surface area contributed by atoms with E-state index in [0.717, 1.165) is 30.4 Å². The summed E-state index contributed by atoms with van der Waals surface area (Å²) >= 11 is 6.25. The van der Waals surface area contributed by atoms with Crippen LogP contribution in [0.3, 0.4) is 0 Å². The van der Waals surface area contributed by atoms with Crippen LogP contribution < -0.4 is 32.4 Å². The standard InChI is InChI=1S/C31H39ClFN7O3S/c1-18(34)4-3-5-20-12-25(29(33)26(32)13-20)27-14-22-15-40(31(41)39-30(22)38-27)24-8-6-21(7-9-24)28-17-44(42,43)16-23(37-28)10-11-36-19(2)35/h6-9,12-15,18,23,28,31,37,41H,3-5,10-11,16-17,34H2,1-2H3,(H2,35,36)(H,38,39). The monoisotopic (exact) mass is 643 g/mol. The number of amidine groups is 1. The number of benzene rings is 2. The molecule has 13 heteroatoms. The highest BCUT2D eigenvalue weighted by molar-refractivity contribution is 7.91. The second-order valence-electron chi connectivity index (χ2n) is 11.7. The number of aliphatic hydroxyl groups excluding tert-OH is 1. The van der Waals surface area contributed by atoms with Crippen molar-refractivity contribution in [3.63, 3.8) is 0 Å². The van der Waals surface area contributed by atoms with Gasteiger partial charge in [0.25, 0.3) is 0 Å². The van der Waals surface area contributed by atoms with Gasteiger partial charge in [-0.25, -0.2) is 17.8 Å². The van der Waals surface area contributed by atoms with Crippen LogP contribution >= 0.6 is 11.6 Å². The Labute approximate surface area is 261 Å². The molecule has 44 heavy (non-hydrogen) atoms. The number of aromatic amines is 1. The Hall–Kier alpha value is -3.29. The molecule has 7 N–H and O–H groups in total. The maximum atomic E-state index is 15.1. The minimum atomic E-state index is -3.25. The molecule has 236 valence electrons. The number of aromatic nitrogens is 1. The fourth-order valence-corrected chi connectivity index (χ4v) is 7.72. The van der Waals surface area contributed by atoms with E-state index in [1.807, 2.05) is 31.2 Å². The number of nitrogens with zero attached hydrogens (tertiary/aromatic N) is 3. The molecule has 0 radical (unpaired) electrons. The van der Waals surface area contributed by atoms with Gasteiger partial charge in [-0.15, -0.1) is 0 Å². The summed E-state index contributed by atoms with van der Waals surface area (Å²) in [5.41, 5.74) is 15.1. The molecular weight excluding hydrogens is 605 g/mol. The fraction of sp³-hybridized carbons (Fsp3) is 0.419. The average Bonchev–Trinajstić information content (AvgIpc) is 3.36. The van der Waals surface area contributed by atoms with Crippen LogP contribution in [-0.2, 0) is 16.3 Å². The lowest BCUT2D eigenvalue weighted by atomic mass is 10.0. The largest absolute Gasteiger partial charge is 0.388 e. The van der Waals surface area contributed by atoms with Crippen molar-refractivity contribution in [1.29, 1.82) is 0 Å². The van der Waals surface area contributed by atoms with Crippen LogP contribution in [0, 0.1) is 5.82 Å². The second kappa shape index (κ2) is 13.4. The van der Waals surface area contributed by atoms with Crippen molar-refractivity contribution in [3.8, 4) is 11.3 Å². The quantitative estimate of drug-likeness (QED) is 0.167. The first kappa shape index (κ1) is 32.1. The van der Waals surface area contributed by atoms with Gasteiger partial charge in [0, 0.05) is 47.3 Å². The van der Waals surface area contributed by atoms with Crippen molar-refractivity contribution in [1.82, 2.24) is 10.3 Å². The van der Waals surface area contributed by atoms with Crippen molar-refractivity contribution in [2.75, 3.05) is 23.0 Å². The highest BCUT2D eigenvalue weighted by Crippen LogP contribution is 2.29. The van der Waals surface area contributed by atoms with E-state index in [9.17, 15) is 13.5 Å². The average molecular weight is 644 g/mol. The zero-order valence-electron chi connectivity index (χ0n) is 24.8. The zero-order valence-corrected chi connectivity index (χ0v) is 26.4. The number of aliphatic imine (C=N–C) groups is 1. The molecule has 0 saturated carbocycles. The van der Waals surface area contributed by atoms with E-state index < -0.39 is 22.0 Å². The van der Waals surface area contributed by atoms with E-state index >= 15 is 4.39 Å². The van der Waals surface area contributed by atoms with Crippen LogP contribution in [0.25, 0.3) is 17.5 Å². The predicted molar refractivity (Wildman–Crippen MR) is 173 cm³/mol. The lowest BCUT2D eigenvalue weighted by molar-refractivity contribution is 0.186. The number of rotatable bonds is 10. The molecule has 2 aromatic carbocycles. The summed E-state index contributed by atoms with van der Waals surface area (Å²) in [6, 6.07) is 12.0.